The average molecular weight is 607 g/mol. The van der Waals surface area contributed by atoms with Crippen molar-refractivity contribution in [2.24, 2.45) is 0 Å². The fourth-order valence-electron chi connectivity index (χ4n) is 7.80. The van der Waals surface area contributed by atoms with E-state index in [1.807, 2.05) is 36.4 Å². The van der Waals surface area contributed by atoms with E-state index in [4.69, 9.17) is 0 Å². The van der Waals surface area contributed by atoms with E-state index < -0.39 is 7.14 Å². The van der Waals surface area contributed by atoms with Gasteiger partial charge in [0.05, 0.1) is 27.4 Å². The van der Waals surface area contributed by atoms with E-state index in [0.717, 1.165) is 65.7 Å². The van der Waals surface area contributed by atoms with Crippen molar-refractivity contribution in [3.05, 3.63) is 164 Å². The standard InChI is InChI=1S/C42H27N2OP/c45-46(30-15-5-2-6-16-30)40-22-12-9-19-34(40)36-26-25-35-32-18-8-11-21-38(32)44(41(35)42(36)46)29-23-24-33-31-17-7-10-20-37(31)43(39(33)27-29)28-13-3-1-4-14-28/h1-27H. The van der Waals surface area contributed by atoms with E-state index in [-0.39, 0.29) is 0 Å². The molecule has 9 aromatic rings. The third-order valence-electron chi connectivity index (χ3n) is 9.71. The normalized spacial score (nSPS) is 15.6. The molecule has 0 N–H and O–H groups in total. The van der Waals surface area contributed by atoms with Crippen molar-refractivity contribution >= 4 is 66.7 Å². The summed E-state index contributed by atoms with van der Waals surface area (Å²) in [5.74, 6) is 0. The molecule has 216 valence electrons. The molecule has 0 bridgehead atoms. The summed E-state index contributed by atoms with van der Waals surface area (Å²) in [5, 5.41) is 7.40. The van der Waals surface area contributed by atoms with Gasteiger partial charge in [-0.15, -0.1) is 0 Å². The molecule has 1 aliphatic heterocycles. The van der Waals surface area contributed by atoms with Crippen LogP contribution in [0.2, 0.25) is 0 Å². The van der Waals surface area contributed by atoms with Crippen LogP contribution < -0.4 is 15.9 Å². The molecule has 46 heavy (non-hydrogen) atoms. The summed E-state index contributed by atoms with van der Waals surface area (Å²) in [6.07, 6.45) is 0. The van der Waals surface area contributed by atoms with E-state index in [0.29, 0.717) is 0 Å². The minimum atomic E-state index is -3.21. The average Bonchev–Trinajstić information content (AvgIpc) is 3.73. The van der Waals surface area contributed by atoms with Crippen molar-refractivity contribution < 1.29 is 4.57 Å². The zero-order valence-corrected chi connectivity index (χ0v) is 25.7. The predicted molar refractivity (Wildman–Crippen MR) is 194 cm³/mol. The van der Waals surface area contributed by atoms with Gasteiger partial charge in [-0.2, -0.15) is 0 Å². The molecule has 0 spiro atoms. The van der Waals surface area contributed by atoms with Crippen LogP contribution in [0.25, 0.3) is 66.1 Å². The molecule has 3 nitrogen and oxygen atoms in total. The number of hydrogen-bond donors (Lipinski definition) is 0. The Hall–Kier alpha value is -5.63. The third kappa shape index (κ3) is 3.30. The Balaban J connectivity index is 1.37. The van der Waals surface area contributed by atoms with Crippen molar-refractivity contribution in [1.29, 1.82) is 0 Å². The van der Waals surface area contributed by atoms with E-state index >= 15 is 4.57 Å². The molecule has 1 aliphatic rings. The summed E-state index contributed by atoms with van der Waals surface area (Å²) >= 11 is 0. The lowest BCUT2D eigenvalue weighted by molar-refractivity contribution is 0.593. The molecule has 10 rings (SSSR count). The number of para-hydroxylation sites is 3. The molecule has 3 heterocycles. The lowest BCUT2D eigenvalue weighted by Crippen LogP contribution is -2.22. The summed E-state index contributed by atoms with van der Waals surface area (Å²) < 4.78 is 20.6. The van der Waals surface area contributed by atoms with E-state index in [9.17, 15) is 0 Å². The molecule has 2 aromatic heterocycles. The number of aromatic nitrogens is 2. The van der Waals surface area contributed by atoms with Crippen molar-refractivity contribution in [3.63, 3.8) is 0 Å². The number of rotatable bonds is 3. The minimum Gasteiger partial charge on any atom is -0.309 e. The molecule has 0 radical (unpaired) electrons. The first-order valence-corrected chi connectivity index (χ1v) is 17.4. The van der Waals surface area contributed by atoms with Gasteiger partial charge < -0.3 is 13.7 Å². The Bertz CT molecular complexity index is 2720. The first kappa shape index (κ1) is 25.7. The second-order valence-electron chi connectivity index (χ2n) is 12.1. The second kappa shape index (κ2) is 9.44. The number of hydrogen-bond acceptors (Lipinski definition) is 1. The smallest absolute Gasteiger partial charge is 0.174 e. The fourth-order valence-corrected chi connectivity index (χ4v) is 11.1. The van der Waals surface area contributed by atoms with Crippen LogP contribution in [0.5, 0.6) is 0 Å². The zero-order valence-electron chi connectivity index (χ0n) is 24.8. The van der Waals surface area contributed by atoms with Crippen molar-refractivity contribution in [1.82, 2.24) is 9.13 Å². The SMILES string of the molecule is O=P1(c2ccccc2)c2ccccc2-c2ccc3c4ccccc4n(-c4ccc5c6ccccc6n(-c6ccccc6)c5c4)c3c21. The van der Waals surface area contributed by atoms with Crippen LogP contribution in [0, 0.1) is 0 Å². The quantitative estimate of drug-likeness (QED) is 0.184. The van der Waals surface area contributed by atoms with Gasteiger partial charge in [0.1, 0.15) is 0 Å². The van der Waals surface area contributed by atoms with Crippen LogP contribution >= 0.6 is 7.14 Å². The van der Waals surface area contributed by atoms with Crippen LogP contribution in [0.3, 0.4) is 0 Å². The lowest BCUT2D eigenvalue weighted by atomic mass is 10.0. The molecule has 7 aromatic carbocycles. The maximum Gasteiger partial charge on any atom is 0.174 e. The van der Waals surface area contributed by atoms with Crippen LogP contribution in [0.4, 0.5) is 0 Å². The minimum absolute atomic E-state index is 0.866. The maximum absolute atomic E-state index is 15.9. The molecular weight excluding hydrogens is 579 g/mol. The molecule has 0 saturated carbocycles. The van der Waals surface area contributed by atoms with E-state index in [1.54, 1.807) is 0 Å². The van der Waals surface area contributed by atoms with Crippen molar-refractivity contribution in [2.45, 2.75) is 0 Å². The largest absolute Gasteiger partial charge is 0.309 e. The predicted octanol–water partition coefficient (Wildman–Crippen LogP) is 9.50. The Kier molecular flexibility index (Phi) is 5.27. The van der Waals surface area contributed by atoms with Gasteiger partial charge in [0.25, 0.3) is 0 Å². The van der Waals surface area contributed by atoms with Crippen LogP contribution in [0.1, 0.15) is 0 Å². The highest BCUT2D eigenvalue weighted by atomic mass is 31.2. The Morgan fingerprint density at radius 3 is 1.78 bits per heavy atom. The number of nitrogens with zero attached hydrogens (tertiary/aromatic N) is 2. The number of benzene rings is 7. The summed E-state index contributed by atoms with van der Waals surface area (Å²) in [7, 11) is -3.21. The molecule has 1 unspecified atom stereocenters. The molecular formula is C42H27N2OP. The monoisotopic (exact) mass is 606 g/mol. The second-order valence-corrected chi connectivity index (χ2v) is 14.7. The van der Waals surface area contributed by atoms with E-state index in [1.165, 1.54) is 16.3 Å². The first-order chi connectivity index (χ1) is 22.7. The molecule has 0 aliphatic carbocycles. The summed E-state index contributed by atoms with van der Waals surface area (Å²) in [6.45, 7) is 0. The Morgan fingerprint density at radius 1 is 0.413 bits per heavy atom. The first-order valence-electron chi connectivity index (χ1n) is 15.6. The Labute approximate surface area is 266 Å². The molecule has 4 heteroatoms. The number of fused-ring (bicyclic) bond motifs is 10. The highest BCUT2D eigenvalue weighted by molar-refractivity contribution is 7.86. The van der Waals surface area contributed by atoms with Gasteiger partial charge >= 0.3 is 0 Å². The molecule has 0 amide bonds. The van der Waals surface area contributed by atoms with Gasteiger partial charge in [-0.05, 0) is 47.5 Å². The van der Waals surface area contributed by atoms with Gasteiger partial charge in [0, 0.05) is 43.5 Å². The third-order valence-corrected chi connectivity index (χ3v) is 12.9. The van der Waals surface area contributed by atoms with Crippen LogP contribution in [-0.4, -0.2) is 9.13 Å². The summed E-state index contributed by atoms with van der Waals surface area (Å²) in [4.78, 5) is 0. The molecule has 0 saturated heterocycles. The zero-order chi connectivity index (χ0) is 30.4. The van der Waals surface area contributed by atoms with Gasteiger partial charge in [-0.3, -0.25) is 0 Å². The summed E-state index contributed by atoms with van der Waals surface area (Å²) in [6, 6.07) is 57.3. The van der Waals surface area contributed by atoms with Crippen molar-refractivity contribution in [3.8, 4) is 22.5 Å². The summed E-state index contributed by atoms with van der Waals surface area (Å²) in [5.41, 5.74) is 8.71. The fraction of sp³-hybridized carbons (Fsp3) is 0. The highest BCUT2D eigenvalue weighted by Crippen LogP contribution is 2.55. The topological polar surface area (TPSA) is 26.9 Å². The molecule has 1 atom stereocenters. The van der Waals surface area contributed by atoms with E-state index in [2.05, 4.69) is 137 Å². The lowest BCUT2D eigenvalue weighted by Gasteiger charge is -2.19. The molecule has 0 fully saturated rings. The Morgan fingerprint density at radius 2 is 1.00 bits per heavy atom. The van der Waals surface area contributed by atoms with Gasteiger partial charge in [-0.1, -0.05) is 127 Å². The highest BCUT2D eigenvalue weighted by Gasteiger charge is 2.42. The van der Waals surface area contributed by atoms with Crippen LogP contribution in [-0.2, 0) is 4.57 Å². The van der Waals surface area contributed by atoms with Gasteiger partial charge in [0.15, 0.2) is 7.14 Å². The van der Waals surface area contributed by atoms with Gasteiger partial charge in [0.2, 0.25) is 0 Å². The van der Waals surface area contributed by atoms with Crippen LogP contribution in [0.15, 0.2) is 164 Å². The maximum atomic E-state index is 15.9. The van der Waals surface area contributed by atoms with Gasteiger partial charge in [-0.25, -0.2) is 0 Å². The van der Waals surface area contributed by atoms with Crippen molar-refractivity contribution in [2.75, 3.05) is 0 Å².